The largest absolute Gasteiger partial charge is 0.390 e. The van der Waals surface area contributed by atoms with Gasteiger partial charge in [-0.05, 0) is 42.4 Å². The van der Waals surface area contributed by atoms with E-state index < -0.39 is 18.2 Å². The van der Waals surface area contributed by atoms with Gasteiger partial charge in [0.25, 0.3) is 5.91 Å². The Morgan fingerprint density at radius 1 is 0.949 bits per heavy atom. The number of β-amino-alcohol motifs (C(OH)–C–C–N with tert-alkyl or cyclic N) is 1. The van der Waals surface area contributed by atoms with Crippen molar-refractivity contribution >= 4 is 17.7 Å². The van der Waals surface area contributed by atoms with Gasteiger partial charge in [0.1, 0.15) is 6.04 Å². The number of carbonyl (C=O) groups excluding carboxylic acids is 3. The minimum atomic E-state index is -0.746. The Morgan fingerprint density at radius 2 is 1.62 bits per heavy atom. The van der Waals surface area contributed by atoms with Gasteiger partial charge in [-0.3, -0.25) is 24.3 Å². The lowest BCUT2D eigenvalue weighted by molar-refractivity contribution is -0.129. The van der Waals surface area contributed by atoms with Crippen LogP contribution in [0.1, 0.15) is 56.5 Å². The highest BCUT2D eigenvalue weighted by Crippen LogP contribution is 2.15. The third kappa shape index (κ3) is 10.1. The molecule has 2 aromatic rings. The Kier molecular flexibility index (Phi) is 11.4. The zero-order valence-corrected chi connectivity index (χ0v) is 23.5. The van der Waals surface area contributed by atoms with Crippen LogP contribution < -0.4 is 16.0 Å². The Morgan fingerprint density at radius 3 is 2.26 bits per heavy atom. The Balaban J connectivity index is 1.58. The number of likely N-dealkylation sites (tertiary alicyclic amines) is 1. The molecule has 0 saturated carbocycles. The number of aliphatic hydroxyl groups excluding tert-OH is 1. The molecule has 4 N–H and O–H groups in total. The molecule has 0 bridgehead atoms. The van der Waals surface area contributed by atoms with Crippen molar-refractivity contribution in [1.82, 2.24) is 25.8 Å². The average Bonchev–Trinajstić information content (AvgIpc) is 3.22. The van der Waals surface area contributed by atoms with Gasteiger partial charge in [0, 0.05) is 43.6 Å². The first-order chi connectivity index (χ1) is 18.6. The summed E-state index contributed by atoms with van der Waals surface area (Å²) in [4.78, 5) is 44.7. The van der Waals surface area contributed by atoms with E-state index in [9.17, 15) is 19.5 Å². The number of nitrogens with one attached hydrogen (secondary N) is 3. The minimum Gasteiger partial charge on any atom is -0.390 e. The molecule has 1 fully saturated rings. The van der Waals surface area contributed by atoms with Crippen LogP contribution in [-0.2, 0) is 16.0 Å². The summed E-state index contributed by atoms with van der Waals surface area (Å²) < 4.78 is 0. The number of aliphatic hydroxyl groups is 1. The molecule has 9 nitrogen and oxygen atoms in total. The second kappa shape index (κ2) is 14.7. The highest BCUT2D eigenvalue weighted by molar-refractivity contribution is 5.94. The van der Waals surface area contributed by atoms with E-state index in [2.05, 4.69) is 39.7 Å². The van der Waals surface area contributed by atoms with Gasteiger partial charge in [-0.1, -0.05) is 58.0 Å². The Bertz CT molecular complexity index is 1060. The maximum atomic E-state index is 13.2. The van der Waals surface area contributed by atoms with E-state index in [0.717, 1.165) is 12.0 Å². The zero-order valence-electron chi connectivity index (χ0n) is 23.5. The zero-order chi connectivity index (χ0) is 28.4. The van der Waals surface area contributed by atoms with E-state index in [1.807, 2.05) is 44.2 Å². The molecular formula is C30H43N5O4. The van der Waals surface area contributed by atoms with Crippen molar-refractivity contribution in [2.45, 2.75) is 71.2 Å². The third-order valence-corrected chi connectivity index (χ3v) is 6.77. The van der Waals surface area contributed by atoms with Crippen LogP contribution in [0.5, 0.6) is 0 Å². The number of benzene rings is 1. The molecule has 212 valence electrons. The standard InChI is InChI=1S/C30H43N5O4/c1-20(2)14-24(32-29(38)23-10-12-31-13-11-23)17-35-18-26(27(36)19-35)34-30(39)25(15-21(3)4)33-28(37)16-22-8-6-5-7-9-22/h5-13,20-21,24-27,36H,14-19H2,1-4H3,(H,32,38)(H,33,37)(H,34,39)/t24-,25-,26?,27?/m0/s1. The molecule has 3 amide bonds. The van der Waals surface area contributed by atoms with Gasteiger partial charge in [0.2, 0.25) is 11.8 Å². The molecule has 1 aliphatic rings. The van der Waals surface area contributed by atoms with E-state index in [-0.39, 0.29) is 36.1 Å². The summed E-state index contributed by atoms with van der Waals surface area (Å²) in [6.07, 6.45) is 3.91. The summed E-state index contributed by atoms with van der Waals surface area (Å²) in [7, 11) is 0. The second-order valence-electron chi connectivity index (χ2n) is 11.3. The van der Waals surface area contributed by atoms with Gasteiger partial charge in [0.15, 0.2) is 0 Å². The van der Waals surface area contributed by atoms with Crippen LogP contribution in [0.4, 0.5) is 0 Å². The van der Waals surface area contributed by atoms with Crippen LogP contribution in [0.25, 0.3) is 0 Å². The lowest BCUT2D eigenvalue weighted by Gasteiger charge is -2.26. The molecule has 3 rings (SSSR count). The SMILES string of the molecule is CC(C)C[C@@H](CN1CC(O)C(NC(=O)[C@H](CC(C)C)NC(=O)Cc2ccccc2)C1)NC(=O)c1ccncc1. The van der Waals surface area contributed by atoms with Gasteiger partial charge in [-0.15, -0.1) is 0 Å². The highest BCUT2D eigenvalue weighted by atomic mass is 16.3. The summed E-state index contributed by atoms with van der Waals surface area (Å²) in [6.45, 7) is 9.62. The number of hydrogen-bond acceptors (Lipinski definition) is 6. The summed E-state index contributed by atoms with van der Waals surface area (Å²) in [6, 6.07) is 11.5. The van der Waals surface area contributed by atoms with E-state index in [1.165, 1.54) is 0 Å². The van der Waals surface area contributed by atoms with E-state index in [0.29, 0.717) is 37.5 Å². The average molecular weight is 538 g/mol. The van der Waals surface area contributed by atoms with Gasteiger partial charge < -0.3 is 21.1 Å². The summed E-state index contributed by atoms with van der Waals surface area (Å²) in [5.41, 5.74) is 1.43. The first-order valence-electron chi connectivity index (χ1n) is 13.9. The molecule has 0 radical (unpaired) electrons. The van der Waals surface area contributed by atoms with Crippen molar-refractivity contribution < 1.29 is 19.5 Å². The lowest BCUT2D eigenvalue weighted by atomic mass is 10.0. The molecular weight excluding hydrogens is 494 g/mol. The quantitative estimate of drug-likeness (QED) is 0.311. The fourth-order valence-electron chi connectivity index (χ4n) is 5.00. The summed E-state index contributed by atoms with van der Waals surface area (Å²) in [5.74, 6) is -0.0937. The molecule has 0 spiro atoms. The molecule has 2 unspecified atom stereocenters. The van der Waals surface area contributed by atoms with Crippen LogP contribution in [0.3, 0.4) is 0 Å². The Labute approximate surface area is 231 Å². The molecule has 0 aliphatic carbocycles. The smallest absolute Gasteiger partial charge is 0.251 e. The maximum Gasteiger partial charge on any atom is 0.251 e. The molecule has 2 heterocycles. The lowest BCUT2D eigenvalue weighted by Crippen LogP contribution is -2.53. The molecule has 1 aliphatic heterocycles. The van der Waals surface area contributed by atoms with E-state index >= 15 is 0 Å². The van der Waals surface area contributed by atoms with E-state index in [4.69, 9.17) is 0 Å². The van der Waals surface area contributed by atoms with Crippen LogP contribution in [0.2, 0.25) is 0 Å². The Hall–Kier alpha value is -3.30. The van der Waals surface area contributed by atoms with Gasteiger partial charge in [-0.2, -0.15) is 0 Å². The number of rotatable bonds is 13. The highest BCUT2D eigenvalue weighted by Gasteiger charge is 2.35. The fraction of sp³-hybridized carbons (Fsp3) is 0.533. The van der Waals surface area contributed by atoms with Crippen molar-refractivity contribution in [3.8, 4) is 0 Å². The number of amides is 3. The minimum absolute atomic E-state index is 0.113. The molecule has 1 saturated heterocycles. The van der Waals surface area contributed by atoms with Crippen molar-refractivity contribution in [2.75, 3.05) is 19.6 Å². The van der Waals surface area contributed by atoms with Crippen molar-refractivity contribution in [2.24, 2.45) is 11.8 Å². The first-order valence-corrected chi connectivity index (χ1v) is 13.9. The van der Waals surface area contributed by atoms with Gasteiger partial charge >= 0.3 is 0 Å². The number of hydrogen-bond donors (Lipinski definition) is 4. The monoisotopic (exact) mass is 537 g/mol. The molecule has 1 aromatic carbocycles. The summed E-state index contributed by atoms with van der Waals surface area (Å²) in [5, 5.41) is 19.7. The number of carbonyl (C=O) groups is 3. The van der Waals surface area contributed by atoms with E-state index in [1.54, 1.807) is 24.5 Å². The molecule has 4 atom stereocenters. The second-order valence-corrected chi connectivity index (χ2v) is 11.3. The fourth-order valence-corrected chi connectivity index (χ4v) is 5.00. The normalized spacial score (nSPS) is 19.1. The van der Waals surface area contributed by atoms with Gasteiger partial charge in [0.05, 0.1) is 18.6 Å². The topological polar surface area (TPSA) is 124 Å². The first kappa shape index (κ1) is 30.2. The van der Waals surface area contributed by atoms with Crippen LogP contribution in [0, 0.1) is 11.8 Å². The van der Waals surface area contributed by atoms with Crippen LogP contribution >= 0.6 is 0 Å². The number of aromatic nitrogens is 1. The predicted octanol–water partition coefficient (Wildman–Crippen LogP) is 2.16. The van der Waals surface area contributed by atoms with Gasteiger partial charge in [-0.25, -0.2) is 0 Å². The predicted molar refractivity (Wildman–Crippen MR) is 151 cm³/mol. The molecule has 39 heavy (non-hydrogen) atoms. The van der Waals surface area contributed by atoms with Crippen molar-refractivity contribution in [3.63, 3.8) is 0 Å². The molecule has 9 heteroatoms. The van der Waals surface area contributed by atoms with Crippen molar-refractivity contribution in [3.05, 3.63) is 66.0 Å². The van der Waals surface area contributed by atoms with Crippen LogP contribution in [0.15, 0.2) is 54.9 Å². The van der Waals surface area contributed by atoms with Crippen LogP contribution in [-0.4, -0.2) is 76.6 Å². The molecule has 1 aromatic heterocycles. The summed E-state index contributed by atoms with van der Waals surface area (Å²) >= 11 is 0. The number of nitrogens with zero attached hydrogens (tertiary/aromatic N) is 2. The van der Waals surface area contributed by atoms with Crippen molar-refractivity contribution in [1.29, 1.82) is 0 Å². The number of pyridine rings is 1. The maximum absolute atomic E-state index is 13.2. The third-order valence-electron chi connectivity index (χ3n) is 6.77.